The number of esters is 1. The molecule has 34 heavy (non-hydrogen) atoms. The quantitative estimate of drug-likeness (QED) is 0.372. The number of carbonyl (C=O) groups is 2. The highest BCUT2D eigenvalue weighted by Gasteiger charge is 2.33. The molecule has 0 bridgehead atoms. The van der Waals surface area contributed by atoms with E-state index < -0.39 is 51.8 Å². The second kappa shape index (κ2) is 9.91. The second-order valence-electron chi connectivity index (χ2n) is 6.81. The average molecular weight is 496 g/mol. The number of ether oxygens (including phenoxy) is 1. The molecule has 0 radical (unpaired) electrons. The maximum atomic E-state index is 13.0. The third-order valence-corrected chi connectivity index (χ3v) is 5.70. The number of rotatable bonds is 7. The summed E-state index contributed by atoms with van der Waals surface area (Å²) in [6, 6.07) is 13.5. The van der Waals surface area contributed by atoms with Gasteiger partial charge >= 0.3 is 12.1 Å². The van der Waals surface area contributed by atoms with E-state index >= 15 is 0 Å². The van der Waals surface area contributed by atoms with E-state index in [0.29, 0.717) is 0 Å². The zero-order valence-corrected chi connectivity index (χ0v) is 17.9. The molecule has 3 aromatic carbocycles. The Hall–Kier alpha value is -3.93. The van der Waals surface area contributed by atoms with E-state index in [-0.39, 0.29) is 16.1 Å². The lowest BCUT2D eigenvalue weighted by Gasteiger charge is -2.13. The van der Waals surface area contributed by atoms with Gasteiger partial charge in [-0.15, -0.1) is 0 Å². The summed E-state index contributed by atoms with van der Waals surface area (Å²) >= 11 is 0. The standard InChI is InChI=1S/C22H16F4N2O5S/c23-15-8-10-16(11-9-15)28-34(31,32)17-5-3-4-14(12-17)21(30)33-13-20(29)27-19-7-2-1-6-18(19)22(24,25)26/h1-12,28H,13H2,(H,27,29). The smallest absolute Gasteiger partial charge is 0.418 e. The van der Waals surface area contributed by atoms with Gasteiger partial charge in [0, 0.05) is 5.69 Å². The van der Waals surface area contributed by atoms with Gasteiger partial charge in [0.15, 0.2) is 6.61 Å². The summed E-state index contributed by atoms with van der Waals surface area (Å²) in [5.41, 5.74) is -1.70. The molecule has 0 aliphatic rings. The first-order valence-electron chi connectivity index (χ1n) is 9.47. The van der Waals surface area contributed by atoms with Crippen LogP contribution in [0.5, 0.6) is 0 Å². The fourth-order valence-corrected chi connectivity index (χ4v) is 3.87. The molecule has 0 fully saturated rings. The Balaban J connectivity index is 1.65. The van der Waals surface area contributed by atoms with Crippen molar-refractivity contribution in [3.63, 3.8) is 0 Å². The van der Waals surface area contributed by atoms with Crippen LogP contribution >= 0.6 is 0 Å². The Morgan fingerprint density at radius 1 is 0.912 bits per heavy atom. The number of para-hydroxylation sites is 1. The number of anilines is 2. The van der Waals surface area contributed by atoms with Crippen LogP contribution in [0.25, 0.3) is 0 Å². The Labute approximate surface area is 191 Å². The topological polar surface area (TPSA) is 102 Å². The normalized spacial score (nSPS) is 11.5. The van der Waals surface area contributed by atoms with Gasteiger partial charge in [-0.05, 0) is 54.6 Å². The predicted octanol–water partition coefficient (Wildman–Crippen LogP) is 4.44. The lowest BCUT2D eigenvalue weighted by molar-refractivity contribution is -0.137. The lowest BCUT2D eigenvalue weighted by Crippen LogP contribution is -2.23. The van der Waals surface area contributed by atoms with Gasteiger partial charge in [-0.25, -0.2) is 17.6 Å². The van der Waals surface area contributed by atoms with Crippen LogP contribution in [0, 0.1) is 5.82 Å². The van der Waals surface area contributed by atoms with Crippen LogP contribution in [0.3, 0.4) is 0 Å². The van der Waals surface area contributed by atoms with E-state index in [1.54, 1.807) is 0 Å². The van der Waals surface area contributed by atoms with Crippen LogP contribution < -0.4 is 10.0 Å². The zero-order valence-electron chi connectivity index (χ0n) is 17.1. The van der Waals surface area contributed by atoms with E-state index in [2.05, 4.69) is 4.72 Å². The van der Waals surface area contributed by atoms with Crippen LogP contribution in [0.1, 0.15) is 15.9 Å². The van der Waals surface area contributed by atoms with Gasteiger partial charge in [0.05, 0.1) is 21.7 Å². The van der Waals surface area contributed by atoms with Gasteiger partial charge in [-0.2, -0.15) is 13.2 Å². The summed E-state index contributed by atoms with van der Waals surface area (Å²) in [5.74, 6) is -2.65. The number of hydrogen-bond acceptors (Lipinski definition) is 5. The molecule has 0 unspecified atom stereocenters. The first-order chi connectivity index (χ1) is 16.0. The molecule has 0 saturated carbocycles. The molecule has 0 heterocycles. The number of amides is 1. The summed E-state index contributed by atoms with van der Waals surface area (Å²) in [6.45, 7) is -0.907. The van der Waals surface area contributed by atoms with Crippen LogP contribution in [-0.4, -0.2) is 26.9 Å². The molecule has 0 aliphatic carbocycles. The SMILES string of the molecule is O=C(COC(=O)c1cccc(S(=O)(=O)Nc2ccc(F)cc2)c1)Nc1ccccc1C(F)(F)F. The zero-order chi connectivity index (χ0) is 24.9. The first-order valence-corrected chi connectivity index (χ1v) is 11.0. The molecule has 0 aromatic heterocycles. The first kappa shape index (κ1) is 24.7. The minimum Gasteiger partial charge on any atom is -0.452 e. The number of alkyl halides is 3. The van der Waals surface area contributed by atoms with E-state index in [1.165, 1.54) is 36.4 Å². The molecule has 2 N–H and O–H groups in total. The fourth-order valence-electron chi connectivity index (χ4n) is 2.76. The fraction of sp³-hybridized carbons (Fsp3) is 0.0909. The van der Waals surface area contributed by atoms with E-state index in [0.717, 1.165) is 36.4 Å². The number of halogens is 4. The van der Waals surface area contributed by atoms with Gasteiger partial charge in [0.25, 0.3) is 15.9 Å². The summed E-state index contributed by atoms with van der Waals surface area (Å²) in [7, 11) is -4.14. The molecule has 0 saturated heterocycles. The van der Waals surface area contributed by atoms with E-state index in [9.17, 15) is 35.6 Å². The number of benzene rings is 3. The summed E-state index contributed by atoms with van der Waals surface area (Å²) in [5, 5.41) is 2.02. The summed E-state index contributed by atoms with van der Waals surface area (Å²) in [4.78, 5) is 23.9. The molecule has 0 aliphatic heterocycles. The second-order valence-corrected chi connectivity index (χ2v) is 8.49. The van der Waals surface area contributed by atoms with Crippen molar-refractivity contribution >= 4 is 33.3 Å². The predicted molar refractivity (Wildman–Crippen MR) is 114 cm³/mol. The molecule has 0 spiro atoms. The molecular formula is C22H16F4N2O5S. The Morgan fingerprint density at radius 3 is 2.26 bits per heavy atom. The maximum absolute atomic E-state index is 13.0. The third kappa shape index (κ3) is 6.32. The maximum Gasteiger partial charge on any atom is 0.418 e. The average Bonchev–Trinajstić information content (AvgIpc) is 2.78. The molecular weight excluding hydrogens is 480 g/mol. The largest absolute Gasteiger partial charge is 0.452 e. The molecule has 178 valence electrons. The Morgan fingerprint density at radius 2 is 1.59 bits per heavy atom. The molecule has 7 nitrogen and oxygen atoms in total. The van der Waals surface area contributed by atoms with Crippen LogP contribution in [0.15, 0.2) is 77.7 Å². The van der Waals surface area contributed by atoms with Gasteiger partial charge < -0.3 is 10.1 Å². The summed E-state index contributed by atoms with van der Waals surface area (Å²) < 4.78 is 84.1. The number of nitrogens with one attached hydrogen (secondary N) is 2. The van der Waals surface area contributed by atoms with E-state index in [1.807, 2.05) is 5.32 Å². The monoisotopic (exact) mass is 496 g/mol. The van der Waals surface area contributed by atoms with Crippen molar-refractivity contribution in [2.24, 2.45) is 0 Å². The number of sulfonamides is 1. The molecule has 12 heteroatoms. The van der Waals surface area contributed by atoms with Gasteiger partial charge in [0.1, 0.15) is 5.82 Å². The molecule has 3 rings (SSSR count). The van der Waals surface area contributed by atoms with Crippen molar-refractivity contribution in [2.45, 2.75) is 11.1 Å². The van der Waals surface area contributed by atoms with E-state index in [4.69, 9.17) is 4.74 Å². The third-order valence-electron chi connectivity index (χ3n) is 4.32. The highest BCUT2D eigenvalue weighted by molar-refractivity contribution is 7.92. The van der Waals surface area contributed by atoms with Crippen molar-refractivity contribution in [1.29, 1.82) is 0 Å². The van der Waals surface area contributed by atoms with Crippen molar-refractivity contribution in [2.75, 3.05) is 16.6 Å². The minimum atomic E-state index is -4.70. The van der Waals surface area contributed by atoms with Crippen molar-refractivity contribution < 1.29 is 40.3 Å². The van der Waals surface area contributed by atoms with Gasteiger partial charge in [-0.1, -0.05) is 18.2 Å². The van der Waals surface area contributed by atoms with Crippen LogP contribution in [0.2, 0.25) is 0 Å². The van der Waals surface area contributed by atoms with Gasteiger partial charge in [-0.3, -0.25) is 9.52 Å². The molecule has 0 atom stereocenters. The lowest BCUT2D eigenvalue weighted by atomic mass is 10.1. The highest BCUT2D eigenvalue weighted by Crippen LogP contribution is 2.34. The van der Waals surface area contributed by atoms with Crippen molar-refractivity contribution in [3.8, 4) is 0 Å². The van der Waals surface area contributed by atoms with Crippen molar-refractivity contribution in [3.05, 3.63) is 89.7 Å². The van der Waals surface area contributed by atoms with Gasteiger partial charge in [0.2, 0.25) is 0 Å². The number of hydrogen-bond donors (Lipinski definition) is 2. The minimum absolute atomic E-state index is 0.0881. The Kier molecular flexibility index (Phi) is 7.20. The van der Waals surface area contributed by atoms with Crippen LogP contribution in [0.4, 0.5) is 28.9 Å². The van der Waals surface area contributed by atoms with Crippen LogP contribution in [-0.2, 0) is 25.7 Å². The summed E-state index contributed by atoms with van der Waals surface area (Å²) in [6.07, 6.45) is -4.70. The van der Waals surface area contributed by atoms with Crippen molar-refractivity contribution in [1.82, 2.24) is 0 Å². The molecule has 3 aromatic rings. The number of carbonyl (C=O) groups excluding carboxylic acids is 2. The highest BCUT2D eigenvalue weighted by atomic mass is 32.2. The Bertz CT molecular complexity index is 1310. The molecule has 1 amide bonds.